The summed E-state index contributed by atoms with van der Waals surface area (Å²) < 4.78 is 1.03. The van der Waals surface area contributed by atoms with Gasteiger partial charge < -0.3 is 5.11 Å². The molecule has 2 nitrogen and oxygen atoms in total. The van der Waals surface area contributed by atoms with Crippen LogP contribution in [-0.2, 0) is 11.8 Å². The number of aliphatic hydroxyl groups excluding tert-OH is 1. The lowest BCUT2D eigenvalue weighted by atomic mass is 9.98. The Morgan fingerprint density at radius 1 is 1.32 bits per heavy atom. The highest BCUT2D eigenvalue weighted by Crippen LogP contribution is 2.29. The second kappa shape index (κ2) is 5.73. The first-order chi connectivity index (χ1) is 8.88. The first-order valence-electron chi connectivity index (χ1n) is 6.25. The van der Waals surface area contributed by atoms with E-state index in [1.807, 2.05) is 29.6 Å². The number of nitrogens with zero attached hydrogens (tertiary/aromatic N) is 1. The van der Waals surface area contributed by atoms with Crippen LogP contribution in [0, 0.1) is 0 Å². The number of rotatable bonds is 3. The van der Waals surface area contributed by atoms with Gasteiger partial charge in [-0.15, -0.1) is 11.3 Å². The molecule has 0 radical (unpaired) electrons. The maximum absolute atomic E-state index is 10.3. The fourth-order valence-electron chi connectivity index (χ4n) is 1.76. The van der Waals surface area contributed by atoms with E-state index in [4.69, 9.17) is 0 Å². The Hall–Kier alpha value is -0.710. The van der Waals surface area contributed by atoms with Gasteiger partial charge in [-0.2, -0.15) is 0 Å². The molecule has 0 saturated heterocycles. The minimum atomic E-state index is -0.550. The standard InChI is InChI=1S/C15H18BrNOS/c1-15(2,3)14-17-12(9-19-14)13(18)8-10-6-4-5-7-11(10)16/h4-7,9,13,18H,8H2,1-3H3. The Morgan fingerprint density at radius 2 is 2.00 bits per heavy atom. The first kappa shape index (κ1) is 14.7. The molecule has 1 atom stereocenters. The second-order valence-corrected chi connectivity index (χ2v) is 7.35. The lowest BCUT2D eigenvalue weighted by Crippen LogP contribution is -2.11. The molecule has 0 bridgehead atoms. The normalized spacial score (nSPS) is 13.5. The minimum Gasteiger partial charge on any atom is -0.386 e. The van der Waals surface area contributed by atoms with Gasteiger partial charge in [0.2, 0.25) is 0 Å². The van der Waals surface area contributed by atoms with Gasteiger partial charge in [0.1, 0.15) is 6.10 Å². The maximum atomic E-state index is 10.3. The summed E-state index contributed by atoms with van der Waals surface area (Å²) in [6.07, 6.45) is 0.0282. The summed E-state index contributed by atoms with van der Waals surface area (Å²) in [7, 11) is 0. The van der Waals surface area contributed by atoms with E-state index in [1.54, 1.807) is 11.3 Å². The van der Waals surface area contributed by atoms with Crippen molar-refractivity contribution in [2.24, 2.45) is 0 Å². The fourth-order valence-corrected chi connectivity index (χ4v) is 3.16. The zero-order valence-electron chi connectivity index (χ0n) is 11.4. The zero-order chi connectivity index (χ0) is 14.0. The topological polar surface area (TPSA) is 33.1 Å². The van der Waals surface area contributed by atoms with Gasteiger partial charge in [0.25, 0.3) is 0 Å². The van der Waals surface area contributed by atoms with E-state index < -0.39 is 6.10 Å². The van der Waals surface area contributed by atoms with Crippen molar-refractivity contribution in [1.29, 1.82) is 0 Å². The van der Waals surface area contributed by atoms with Crippen LogP contribution in [0.2, 0.25) is 0 Å². The summed E-state index contributed by atoms with van der Waals surface area (Å²) in [5.74, 6) is 0. The number of benzene rings is 1. The fraction of sp³-hybridized carbons (Fsp3) is 0.400. The van der Waals surface area contributed by atoms with Gasteiger partial charge in [-0.05, 0) is 11.6 Å². The number of aromatic nitrogens is 1. The Bertz CT molecular complexity index is 559. The Balaban J connectivity index is 2.15. The molecule has 0 fully saturated rings. The molecular formula is C15H18BrNOS. The van der Waals surface area contributed by atoms with Gasteiger partial charge in [-0.3, -0.25) is 0 Å². The molecule has 0 spiro atoms. The van der Waals surface area contributed by atoms with Crippen molar-refractivity contribution in [2.75, 3.05) is 0 Å². The number of halogens is 1. The second-order valence-electron chi connectivity index (χ2n) is 5.64. The molecule has 102 valence electrons. The van der Waals surface area contributed by atoms with Crippen LogP contribution in [0.4, 0.5) is 0 Å². The Morgan fingerprint density at radius 3 is 2.58 bits per heavy atom. The molecule has 1 heterocycles. The molecule has 0 aliphatic carbocycles. The number of aliphatic hydroxyl groups is 1. The van der Waals surface area contributed by atoms with Gasteiger partial charge >= 0.3 is 0 Å². The van der Waals surface area contributed by atoms with Crippen LogP contribution in [0.25, 0.3) is 0 Å². The van der Waals surface area contributed by atoms with Crippen molar-refractivity contribution in [3.63, 3.8) is 0 Å². The van der Waals surface area contributed by atoms with Crippen molar-refractivity contribution in [2.45, 2.75) is 38.7 Å². The van der Waals surface area contributed by atoms with E-state index in [0.29, 0.717) is 6.42 Å². The molecule has 1 N–H and O–H groups in total. The maximum Gasteiger partial charge on any atom is 0.101 e. The lowest BCUT2D eigenvalue weighted by Gasteiger charge is -2.14. The predicted octanol–water partition coefficient (Wildman–Crippen LogP) is 4.48. The third-order valence-electron chi connectivity index (χ3n) is 2.88. The minimum absolute atomic E-state index is 0.0377. The molecule has 4 heteroatoms. The smallest absolute Gasteiger partial charge is 0.101 e. The Labute approximate surface area is 126 Å². The summed E-state index contributed by atoms with van der Waals surface area (Å²) in [6.45, 7) is 6.40. The summed E-state index contributed by atoms with van der Waals surface area (Å²) in [5, 5.41) is 13.3. The average Bonchev–Trinajstić information content (AvgIpc) is 2.81. The van der Waals surface area contributed by atoms with Crippen molar-refractivity contribution in [3.8, 4) is 0 Å². The largest absolute Gasteiger partial charge is 0.386 e. The van der Waals surface area contributed by atoms with Gasteiger partial charge in [0.05, 0.1) is 10.7 Å². The highest BCUT2D eigenvalue weighted by atomic mass is 79.9. The molecule has 2 aromatic rings. The summed E-state index contributed by atoms with van der Waals surface area (Å²) >= 11 is 5.12. The van der Waals surface area contributed by atoms with E-state index in [-0.39, 0.29) is 5.41 Å². The van der Waals surface area contributed by atoms with Crippen LogP contribution < -0.4 is 0 Å². The predicted molar refractivity (Wildman–Crippen MR) is 83.6 cm³/mol. The summed E-state index contributed by atoms with van der Waals surface area (Å²) in [5.41, 5.74) is 1.90. The highest BCUT2D eigenvalue weighted by Gasteiger charge is 2.21. The zero-order valence-corrected chi connectivity index (χ0v) is 13.8. The average molecular weight is 340 g/mol. The van der Waals surface area contributed by atoms with Crippen molar-refractivity contribution < 1.29 is 5.11 Å². The van der Waals surface area contributed by atoms with Crippen molar-refractivity contribution >= 4 is 27.3 Å². The van der Waals surface area contributed by atoms with E-state index >= 15 is 0 Å². The molecule has 0 saturated carbocycles. The van der Waals surface area contributed by atoms with E-state index in [2.05, 4.69) is 41.7 Å². The van der Waals surface area contributed by atoms with E-state index in [1.165, 1.54) is 0 Å². The number of thiazole rings is 1. The molecule has 0 amide bonds. The van der Waals surface area contributed by atoms with Crippen molar-refractivity contribution in [3.05, 3.63) is 50.4 Å². The molecule has 0 aliphatic heterocycles. The number of hydrogen-bond donors (Lipinski definition) is 1. The van der Waals surface area contributed by atoms with Crippen LogP contribution in [0.3, 0.4) is 0 Å². The van der Waals surface area contributed by atoms with E-state index in [0.717, 1.165) is 20.7 Å². The molecule has 1 unspecified atom stereocenters. The monoisotopic (exact) mass is 339 g/mol. The summed E-state index contributed by atoms with van der Waals surface area (Å²) in [6, 6.07) is 7.96. The quantitative estimate of drug-likeness (QED) is 0.894. The third-order valence-corrected chi connectivity index (χ3v) is 4.94. The van der Waals surface area contributed by atoms with E-state index in [9.17, 15) is 5.11 Å². The SMILES string of the molecule is CC(C)(C)c1nc(C(O)Cc2ccccc2Br)cs1. The molecular weight excluding hydrogens is 322 g/mol. The van der Waals surface area contributed by atoms with Crippen LogP contribution in [0.5, 0.6) is 0 Å². The molecule has 2 rings (SSSR count). The highest BCUT2D eigenvalue weighted by molar-refractivity contribution is 9.10. The third kappa shape index (κ3) is 3.65. The van der Waals surface area contributed by atoms with Crippen LogP contribution in [0.1, 0.15) is 43.1 Å². The summed E-state index contributed by atoms with van der Waals surface area (Å²) in [4.78, 5) is 4.56. The number of hydrogen-bond acceptors (Lipinski definition) is 3. The first-order valence-corrected chi connectivity index (χ1v) is 7.92. The van der Waals surface area contributed by atoms with Gasteiger partial charge in [0, 0.05) is 21.7 Å². The lowest BCUT2D eigenvalue weighted by molar-refractivity contribution is 0.174. The van der Waals surface area contributed by atoms with Gasteiger partial charge in [-0.25, -0.2) is 4.98 Å². The molecule has 1 aromatic carbocycles. The van der Waals surface area contributed by atoms with Gasteiger partial charge in [0.15, 0.2) is 0 Å². The Kier molecular flexibility index (Phi) is 4.43. The van der Waals surface area contributed by atoms with Crippen LogP contribution in [0.15, 0.2) is 34.1 Å². The van der Waals surface area contributed by atoms with Crippen molar-refractivity contribution in [1.82, 2.24) is 4.98 Å². The molecule has 0 aliphatic rings. The van der Waals surface area contributed by atoms with Crippen LogP contribution >= 0.6 is 27.3 Å². The molecule has 1 aromatic heterocycles. The van der Waals surface area contributed by atoms with Gasteiger partial charge in [-0.1, -0.05) is 54.9 Å². The molecule has 19 heavy (non-hydrogen) atoms. The van der Waals surface area contributed by atoms with Crippen LogP contribution in [-0.4, -0.2) is 10.1 Å².